The van der Waals surface area contributed by atoms with Crippen LogP contribution in [0.1, 0.15) is 23.7 Å². The van der Waals surface area contributed by atoms with E-state index in [1.807, 2.05) is 0 Å². The highest BCUT2D eigenvalue weighted by atomic mass is 16.5. The summed E-state index contributed by atoms with van der Waals surface area (Å²) in [7, 11) is 1.47. The Morgan fingerprint density at radius 1 is 1.50 bits per heavy atom. The Kier molecular flexibility index (Phi) is 4.53. The molecule has 4 N–H and O–H groups in total. The second-order valence-electron chi connectivity index (χ2n) is 3.73. The average molecular weight is 252 g/mol. The van der Waals surface area contributed by atoms with Gasteiger partial charge >= 0.3 is 5.97 Å². The van der Waals surface area contributed by atoms with Gasteiger partial charge in [-0.1, -0.05) is 6.92 Å². The summed E-state index contributed by atoms with van der Waals surface area (Å²) in [6.07, 6.45) is 0.297. The van der Waals surface area contributed by atoms with Crippen LogP contribution in [0.25, 0.3) is 0 Å². The van der Waals surface area contributed by atoms with Crippen LogP contribution in [0.15, 0.2) is 18.2 Å². The molecule has 1 atom stereocenters. The van der Waals surface area contributed by atoms with Gasteiger partial charge in [0.2, 0.25) is 0 Å². The summed E-state index contributed by atoms with van der Waals surface area (Å²) in [5.41, 5.74) is 6.15. The van der Waals surface area contributed by atoms with Crippen LogP contribution in [0.5, 0.6) is 5.75 Å². The minimum Gasteiger partial charge on any atom is -0.497 e. The van der Waals surface area contributed by atoms with E-state index in [1.165, 1.54) is 19.2 Å². The fraction of sp³-hybridized carbons (Fsp3) is 0.333. The van der Waals surface area contributed by atoms with Gasteiger partial charge in [-0.05, 0) is 24.6 Å². The van der Waals surface area contributed by atoms with Crippen molar-refractivity contribution in [1.82, 2.24) is 5.32 Å². The van der Waals surface area contributed by atoms with Gasteiger partial charge in [0.25, 0.3) is 5.91 Å². The molecule has 1 rings (SSSR count). The largest absolute Gasteiger partial charge is 0.497 e. The van der Waals surface area contributed by atoms with E-state index in [4.69, 9.17) is 15.6 Å². The Balaban J connectivity index is 2.93. The van der Waals surface area contributed by atoms with Gasteiger partial charge in [-0.2, -0.15) is 0 Å². The zero-order valence-corrected chi connectivity index (χ0v) is 10.3. The monoisotopic (exact) mass is 252 g/mol. The van der Waals surface area contributed by atoms with Gasteiger partial charge in [0, 0.05) is 5.69 Å². The van der Waals surface area contributed by atoms with E-state index in [-0.39, 0.29) is 11.3 Å². The summed E-state index contributed by atoms with van der Waals surface area (Å²) < 4.78 is 4.99. The topological polar surface area (TPSA) is 102 Å². The van der Waals surface area contributed by atoms with E-state index >= 15 is 0 Å². The fourth-order valence-electron chi connectivity index (χ4n) is 1.43. The van der Waals surface area contributed by atoms with Crippen molar-refractivity contribution in [2.24, 2.45) is 0 Å². The van der Waals surface area contributed by atoms with Gasteiger partial charge in [-0.3, -0.25) is 4.79 Å². The number of hydrogen-bond donors (Lipinski definition) is 3. The highest BCUT2D eigenvalue weighted by molar-refractivity contribution is 6.01. The highest BCUT2D eigenvalue weighted by Gasteiger charge is 2.20. The predicted octanol–water partition coefficient (Wildman–Crippen LogP) is 0.870. The van der Waals surface area contributed by atoms with Crippen molar-refractivity contribution >= 4 is 17.6 Å². The Morgan fingerprint density at radius 3 is 2.67 bits per heavy atom. The molecule has 6 heteroatoms. The van der Waals surface area contributed by atoms with Gasteiger partial charge in [-0.25, -0.2) is 4.79 Å². The van der Waals surface area contributed by atoms with Crippen LogP contribution in [-0.2, 0) is 4.79 Å². The molecule has 0 bridgehead atoms. The number of nitrogens with two attached hydrogens (primary N) is 1. The van der Waals surface area contributed by atoms with E-state index in [9.17, 15) is 9.59 Å². The lowest BCUT2D eigenvalue weighted by Gasteiger charge is -2.13. The first-order valence-electron chi connectivity index (χ1n) is 5.46. The summed E-state index contributed by atoms with van der Waals surface area (Å²) in [6.45, 7) is 1.67. The van der Waals surface area contributed by atoms with Crippen LogP contribution in [0.3, 0.4) is 0 Å². The third-order valence-corrected chi connectivity index (χ3v) is 2.52. The molecule has 0 radical (unpaired) electrons. The third kappa shape index (κ3) is 3.13. The number of ether oxygens (including phenoxy) is 1. The molecule has 0 aliphatic carbocycles. The maximum Gasteiger partial charge on any atom is 0.326 e. The van der Waals surface area contributed by atoms with Crippen molar-refractivity contribution in [2.75, 3.05) is 12.8 Å². The number of carbonyl (C=O) groups excluding carboxylic acids is 1. The number of methoxy groups -OCH3 is 1. The minimum atomic E-state index is -1.08. The molecule has 18 heavy (non-hydrogen) atoms. The van der Waals surface area contributed by atoms with Gasteiger partial charge in [0.05, 0.1) is 12.7 Å². The maximum absolute atomic E-state index is 11.9. The standard InChI is InChI=1S/C12H16N2O4/c1-3-10(12(16)17)14-11(15)8-6-7(18-2)4-5-9(8)13/h4-6,10H,3,13H2,1-2H3,(H,14,15)(H,16,17)/t10-/m1/s1. The molecule has 0 fully saturated rings. The number of amides is 1. The number of carboxylic acid groups (broad SMARTS) is 1. The second kappa shape index (κ2) is 5.90. The van der Waals surface area contributed by atoms with Crippen LogP contribution >= 0.6 is 0 Å². The molecular formula is C12H16N2O4. The van der Waals surface area contributed by atoms with E-state index < -0.39 is 17.9 Å². The molecule has 0 aliphatic heterocycles. The summed E-state index contributed by atoms with van der Waals surface area (Å²) in [5.74, 6) is -1.12. The molecule has 0 heterocycles. The normalized spacial score (nSPS) is 11.7. The summed E-state index contributed by atoms with van der Waals surface area (Å²) >= 11 is 0. The van der Waals surface area contributed by atoms with Crippen LogP contribution in [0, 0.1) is 0 Å². The summed E-state index contributed by atoms with van der Waals surface area (Å²) in [4.78, 5) is 22.7. The lowest BCUT2D eigenvalue weighted by molar-refractivity contribution is -0.139. The summed E-state index contributed by atoms with van der Waals surface area (Å²) in [5, 5.41) is 11.3. The number of anilines is 1. The molecule has 0 saturated heterocycles. The molecule has 0 spiro atoms. The molecule has 0 aromatic heterocycles. The highest BCUT2D eigenvalue weighted by Crippen LogP contribution is 2.19. The first-order chi connectivity index (χ1) is 8.49. The van der Waals surface area contributed by atoms with Crippen molar-refractivity contribution in [3.05, 3.63) is 23.8 Å². The Hall–Kier alpha value is -2.24. The molecule has 1 amide bonds. The molecule has 6 nitrogen and oxygen atoms in total. The first kappa shape index (κ1) is 13.8. The fourth-order valence-corrected chi connectivity index (χ4v) is 1.43. The van der Waals surface area contributed by atoms with E-state index in [0.717, 1.165) is 0 Å². The predicted molar refractivity (Wildman–Crippen MR) is 66.6 cm³/mol. The van der Waals surface area contributed by atoms with Crippen molar-refractivity contribution in [2.45, 2.75) is 19.4 Å². The first-order valence-corrected chi connectivity index (χ1v) is 5.46. The van der Waals surface area contributed by atoms with Gasteiger partial charge < -0.3 is 20.9 Å². The molecule has 0 saturated carbocycles. The number of nitrogen functional groups attached to an aromatic ring is 1. The Labute approximate surface area is 105 Å². The van der Waals surface area contributed by atoms with E-state index in [2.05, 4.69) is 5.32 Å². The summed E-state index contributed by atoms with van der Waals surface area (Å²) in [6, 6.07) is 3.71. The van der Waals surface area contributed by atoms with Crippen LogP contribution < -0.4 is 15.8 Å². The number of carboxylic acids is 1. The average Bonchev–Trinajstić information content (AvgIpc) is 2.35. The van der Waals surface area contributed by atoms with E-state index in [1.54, 1.807) is 13.0 Å². The number of hydrogen-bond acceptors (Lipinski definition) is 4. The minimum absolute atomic E-state index is 0.203. The van der Waals surface area contributed by atoms with Gasteiger partial charge in [0.1, 0.15) is 11.8 Å². The molecule has 1 aromatic rings. The Bertz CT molecular complexity index is 459. The lowest BCUT2D eigenvalue weighted by Crippen LogP contribution is -2.40. The van der Waals surface area contributed by atoms with Gasteiger partial charge in [0.15, 0.2) is 0 Å². The van der Waals surface area contributed by atoms with Gasteiger partial charge in [-0.15, -0.1) is 0 Å². The quantitative estimate of drug-likeness (QED) is 0.675. The van der Waals surface area contributed by atoms with Crippen molar-refractivity contribution in [3.63, 3.8) is 0 Å². The SMILES string of the molecule is CC[C@@H](NC(=O)c1cc(OC)ccc1N)C(=O)O. The number of aliphatic carboxylic acids is 1. The van der Waals surface area contributed by atoms with Crippen LogP contribution in [0.2, 0.25) is 0 Å². The van der Waals surface area contributed by atoms with Crippen LogP contribution in [-0.4, -0.2) is 30.1 Å². The number of rotatable bonds is 5. The zero-order valence-electron chi connectivity index (χ0n) is 10.3. The van der Waals surface area contributed by atoms with Crippen molar-refractivity contribution < 1.29 is 19.4 Å². The molecule has 0 unspecified atom stereocenters. The maximum atomic E-state index is 11.9. The second-order valence-corrected chi connectivity index (χ2v) is 3.73. The van der Waals surface area contributed by atoms with Crippen molar-refractivity contribution in [3.8, 4) is 5.75 Å². The number of nitrogens with one attached hydrogen (secondary N) is 1. The number of carbonyl (C=O) groups is 2. The zero-order chi connectivity index (χ0) is 13.7. The molecular weight excluding hydrogens is 236 g/mol. The lowest BCUT2D eigenvalue weighted by atomic mass is 10.1. The molecule has 98 valence electrons. The van der Waals surface area contributed by atoms with Crippen molar-refractivity contribution in [1.29, 1.82) is 0 Å². The Morgan fingerprint density at radius 2 is 2.17 bits per heavy atom. The number of benzene rings is 1. The smallest absolute Gasteiger partial charge is 0.326 e. The van der Waals surface area contributed by atoms with Crippen LogP contribution in [0.4, 0.5) is 5.69 Å². The van der Waals surface area contributed by atoms with E-state index in [0.29, 0.717) is 12.2 Å². The molecule has 1 aromatic carbocycles. The molecule has 0 aliphatic rings. The third-order valence-electron chi connectivity index (χ3n) is 2.52.